The SMILES string of the molecule is CC(C)(C)Nc1cccc(N2CCSCC2S(C)(=O)=O)n1. The first-order chi connectivity index (χ1) is 9.67. The molecule has 2 rings (SSSR count). The van der Waals surface area contributed by atoms with Crippen LogP contribution in [0.15, 0.2) is 18.2 Å². The van der Waals surface area contributed by atoms with Crippen molar-refractivity contribution in [1.29, 1.82) is 0 Å². The minimum absolute atomic E-state index is 0.0837. The molecular formula is C14H23N3O2S2. The average molecular weight is 329 g/mol. The van der Waals surface area contributed by atoms with Gasteiger partial charge in [0, 0.05) is 29.8 Å². The molecule has 1 aromatic heterocycles. The first-order valence-electron chi connectivity index (χ1n) is 6.95. The first kappa shape index (κ1) is 16.4. The Morgan fingerprint density at radius 1 is 1.38 bits per heavy atom. The molecule has 7 heteroatoms. The number of thioether (sulfide) groups is 1. The van der Waals surface area contributed by atoms with E-state index in [0.29, 0.717) is 12.3 Å². The molecule has 21 heavy (non-hydrogen) atoms. The number of anilines is 2. The molecule has 1 saturated heterocycles. The molecule has 1 aromatic rings. The van der Waals surface area contributed by atoms with E-state index >= 15 is 0 Å². The Hall–Kier alpha value is -0.950. The molecule has 0 aliphatic carbocycles. The predicted molar refractivity (Wildman–Crippen MR) is 90.9 cm³/mol. The summed E-state index contributed by atoms with van der Waals surface area (Å²) >= 11 is 1.68. The fourth-order valence-corrected chi connectivity index (χ4v) is 5.06. The zero-order chi connectivity index (χ0) is 15.7. The van der Waals surface area contributed by atoms with Crippen molar-refractivity contribution in [2.24, 2.45) is 0 Å². The average Bonchev–Trinajstić information content (AvgIpc) is 2.36. The quantitative estimate of drug-likeness (QED) is 0.917. The molecule has 0 aromatic carbocycles. The van der Waals surface area contributed by atoms with Crippen LogP contribution in [0.2, 0.25) is 0 Å². The predicted octanol–water partition coefficient (Wildman–Crippen LogP) is 2.22. The fourth-order valence-electron chi connectivity index (χ4n) is 2.23. The fraction of sp³-hybridized carbons (Fsp3) is 0.643. The monoisotopic (exact) mass is 329 g/mol. The van der Waals surface area contributed by atoms with Gasteiger partial charge in [-0.2, -0.15) is 11.8 Å². The maximum Gasteiger partial charge on any atom is 0.169 e. The Bertz CT molecular complexity index is 596. The molecule has 118 valence electrons. The highest BCUT2D eigenvalue weighted by Crippen LogP contribution is 2.26. The third kappa shape index (κ3) is 4.51. The Morgan fingerprint density at radius 2 is 2.10 bits per heavy atom. The lowest BCUT2D eigenvalue weighted by atomic mass is 10.1. The number of hydrogen-bond donors (Lipinski definition) is 1. The number of hydrogen-bond acceptors (Lipinski definition) is 6. The van der Waals surface area contributed by atoms with Gasteiger partial charge in [-0.1, -0.05) is 6.07 Å². The molecule has 5 nitrogen and oxygen atoms in total. The molecule has 1 atom stereocenters. The van der Waals surface area contributed by atoms with Crippen LogP contribution in [0.1, 0.15) is 20.8 Å². The van der Waals surface area contributed by atoms with Crippen LogP contribution in [0.25, 0.3) is 0 Å². The van der Waals surface area contributed by atoms with Gasteiger partial charge in [-0.25, -0.2) is 13.4 Å². The van der Waals surface area contributed by atoms with Crippen molar-refractivity contribution in [3.8, 4) is 0 Å². The van der Waals surface area contributed by atoms with Crippen LogP contribution < -0.4 is 10.2 Å². The van der Waals surface area contributed by atoms with E-state index in [9.17, 15) is 8.42 Å². The largest absolute Gasteiger partial charge is 0.365 e. The summed E-state index contributed by atoms with van der Waals surface area (Å²) in [5.41, 5.74) is -0.0837. The summed E-state index contributed by atoms with van der Waals surface area (Å²) in [6, 6.07) is 5.70. The minimum atomic E-state index is -3.13. The van der Waals surface area contributed by atoms with Crippen molar-refractivity contribution in [3.05, 3.63) is 18.2 Å². The van der Waals surface area contributed by atoms with Crippen LogP contribution in [0.5, 0.6) is 0 Å². The number of nitrogens with zero attached hydrogens (tertiary/aromatic N) is 2. The van der Waals surface area contributed by atoms with Crippen molar-refractivity contribution in [2.45, 2.75) is 31.7 Å². The molecule has 2 heterocycles. The molecule has 0 saturated carbocycles. The van der Waals surface area contributed by atoms with Gasteiger partial charge in [-0.05, 0) is 32.9 Å². The standard InChI is InChI=1S/C14H23N3O2S2/c1-14(2,3)16-11-6-5-7-12(15-11)17-8-9-20-10-13(17)21(4,18)19/h5-7,13H,8-10H2,1-4H3,(H,15,16). The zero-order valence-electron chi connectivity index (χ0n) is 13.0. The summed E-state index contributed by atoms with van der Waals surface area (Å²) in [4.78, 5) is 6.49. The van der Waals surface area contributed by atoms with E-state index in [2.05, 4.69) is 31.1 Å². The number of nitrogens with one attached hydrogen (secondary N) is 1. The summed E-state index contributed by atoms with van der Waals surface area (Å²) in [7, 11) is -3.13. The summed E-state index contributed by atoms with van der Waals surface area (Å²) in [5, 5.41) is 2.83. The van der Waals surface area contributed by atoms with Crippen LogP contribution in [0, 0.1) is 0 Å². The van der Waals surface area contributed by atoms with Gasteiger partial charge in [0.05, 0.1) is 0 Å². The Morgan fingerprint density at radius 3 is 2.71 bits per heavy atom. The molecule has 0 amide bonds. The van der Waals surface area contributed by atoms with Crippen molar-refractivity contribution >= 4 is 33.2 Å². The second kappa shape index (κ2) is 6.04. The molecule has 1 N–H and O–H groups in total. The molecule has 1 unspecified atom stereocenters. The van der Waals surface area contributed by atoms with Gasteiger partial charge >= 0.3 is 0 Å². The van der Waals surface area contributed by atoms with Gasteiger partial charge in [-0.3, -0.25) is 0 Å². The van der Waals surface area contributed by atoms with E-state index < -0.39 is 15.2 Å². The highest BCUT2D eigenvalue weighted by atomic mass is 32.2. The van der Waals surface area contributed by atoms with Gasteiger partial charge in [0.1, 0.15) is 17.0 Å². The number of sulfone groups is 1. The van der Waals surface area contributed by atoms with Crippen LogP contribution in [0.4, 0.5) is 11.6 Å². The van der Waals surface area contributed by atoms with Gasteiger partial charge in [-0.15, -0.1) is 0 Å². The molecule has 0 spiro atoms. The Labute approximate surface area is 131 Å². The van der Waals surface area contributed by atoms with Crippen LogP contribution >= 0.6 is 11.8 Å². The van der Waals surface area contributed by atoms with Gasteiger partial charge < -0.3 is 10.2 Å². The molecule has 1 fully saturated rings. The van der Waals surface area contributed by atoms with E-state index in [0.717, 1.165) is 17.4 Å². The van der Waals surface area contributed by atoms with E-state index in [1.807, 2.05) is 23.1 Å². The van der Waals surface area contributed by atoms with E-state index in [-0.39, 0.29) is 5.54 Å². The Balaban J connectivity index is 2.29. The van der Waals surface area contributed by atoms with E-state index in [1.54, 1.807) is 11.8 Å². The number of aromatic nitrogens is 1. The minimum Gasteiger partial charge on any atom is -0.365 e. The zero-order valence-corrected chi connectivity index (χ0v) is 14.6. The smallest absolute Gasteiger partial charge is 0.169 e. The van der Waals surface area contributed by atoms with Crippen molar-refractivity contribution in [2.75, 3.05) is 34.5 Å². The van der Waals surface area contributed by atoms with Gasteiger partial charge in [0.2, 0.25) is 0 Å². The second-order valence-electron chi connectivity index (χ2n) is 6.31. The molecule has 1 aliphatic heterocycles. The molecule has 0 radical (unpaired) electrons. The van der Waals surface area contributed by atoms with Gasteiger partial charge in [0.15, 0.2) is 9.84 Å². The lowest BCUT2D eigenvalue weighted by Gasteiger charge is -2.35. The topological polar surface area (TPSA) is 62.3 Å². The van der Waals surface area contributed by atoms with Crippen molar-refractivity contribution in [3.63, 3.8) is 0 Å². The summed E-state index contributed by atoms with van der Waals surface area (Å²) in [6.45, 7) is 6.91. The van der Waals surface area contributed by atoms with Crippen molar-refractivity contribution in [1.82, 2.24) is 4.98 Å². The maximum absolute atomic E-state index is 12.0. The van der Waals surface area contributed by atoms with E-state index in [1.165, 1.54) is 6.26 Å². The Kier molecular flexibility index (Phi) is 4.72. The maximum atomic E-state index is 12.0. The van der Waals surface area contributed by atoms with Crippen LogP contribution in [-0.2, 0) is 9.84 Å². The number of pyridine rings is 1. The summed E-state index contributed by atoms with van der Waals surface area (Å²) in [6.07, 6.45) is 1.30. The molecular weight excluding hydrogens is 306 g/mol. The van der Waals surface area contributed by atoms with Gasteiger partial charge in [0.25, 0.3) is 0 Å². The van der Waals surface area contributed by atoms with Crippen LogP contribution in [-0.4, -0.2) is 48.6 Å². The lowest BCUT2D eigenvalue weighted by molar-refractivity contribution is 0.583. The first-order valence-corrected chi connectivity index (χ1v) is 10.1. The third-order valence-corrected chi connectivity index (χ3v) is 5.75. The van der Waals surface area contributed by atoms with Crippen molar-refractivity contribution < 1.29 is 8.42 Å². The second-order valence-corrected chi connectivity index (χ2v) is 9.66. The van der Waals surface area contributed by atoms with E-state index in [4.69, 9.17) is 0 Å². The van der Waals surface area contributed by atoms with Crippen LogP contribution in [0.3, 0.4) is 0 Å². The normalized spacial score (nSPS) is 20.4. The summed E-state index contributed by atoms with van der Waals surface area (Å²) < 4.78 is 24.0. The molecule has 1 aliphatic rings. The highest BCUT2D eigenvalue weighted by Gasteiger charge is 2.32. The number of rotatable bonds is 3. The lowest BCUT2D eigenvalue weighted by Crippen LogP contribution is -2.47. The summed E-state index contributed by atoms with van der Waals surface area (Å²) in [5.74, 6) is 3.01. The third-order valence-electron chi connectivity index (χ3n) is 3.11. The molecule has 0 bridgehead atoms. The highest BCUT2D eigenvalue weighted by molar-refractivity contribution is 8.01.